The highest BCUT2D eigenvalue weighted by Gasteiger charge is 2.32. The molecule has 11 rings (SSSR count). The van der Waals surface area contributed by atoms with Crippen molar-refractivity contribution in [3.63, 3.8) is 0 Å². The third-order valence-corrected chi connectivity index (χ3v) is 10.5. The summed E-state index contributed by atoms with van der Waals surface area (Å²) in [6, 6.07) is 48.4. The highest BCUT2D eigenvalue weighted by molar-refractivity contribution is 6.13. The van der Waals surface area contributed by atoms with E-state index in [1.807, 2.05) is 42.5 Å². The number of allylic oxidation sites excluding steroid dienone is 2. The van der Waals surface area contributed by atoms with Crippen LogP contribution in [-0.2, 0) is 0 Å². The maximum absolute atomic E-state index is 6.54. The fourth-order valence-electron chi connectivity index (χ4n) is 7.89. The zero-order valence-corrected chi connectivity index (χ0v) is 27.9. The number of fused-ring (bicyclic) bond motifs is 9. The first kappa shape index (κ1) is 28.9. The number of hydrogen-bond donors (Lipinski definition) is 0. The number of ether oxygens (including phenoxy) is 1. The van der Waals surface area contributed by atoms with E-state index in [0.717, 1.165) is 55.5 Å². The number of rotatable bonds is 4. The summed E-state index contributed by atoms with van der Waals surface area (Å²) >= 11 is 0. The average molecular weight is 668 g/mol. The molecule has 5 heteroatoms. The molecule has 0 fully saturated rings. The fraction of sp³-hybridized carbons (Fsp3) is 0.0426. The molecular formula is C47H29N3O2. The van der Waals surface area contributed by atoms with Crippen LogP contribution in [0, 0.1) is 0 Å². The van der Waals surface area contributed by atoms with E-state index in [4.69, 9.17) is 24.1 Å². The van der Waals surface area contributed by atoms with Crippen molar-refractivity contribution >= 4 is 43.5 Å². The van der Waals surface area contributed by atoms with Crippen molar-refractivity contribution < 1.29 is 9.15 Å². The normalized spacial score (nSPS) is 16.1. The van der Waals surface area contributed by atoms with Crippen molar-refractivity contribution in [2.24, 2.45) is 0 Å². The van der Waals surface area contributed by atoms with Crippen molar-refractivity contribution in [2.75, 3.05) is 0 Å². The van der Waals surface area contributed by atoms with E-state index < -0.39 is 0 Å². The standard InChI is InChI=1S/C47H29N3O2/c1-2-10-30(11-3-1)45-48-46(33-20-19-29-18-17-28-9-4-5-12-34(28)39(29)25-33)50-47(49-45)38-14-8-16-41-44(38)37-24-22-32(27-43(37)52-41)31-21-23-36-35-13-6-7-15-40(35)51-42(36)26-31/h1-27,35,40H. The summed E-state index contributed by atoms with van der Waals surface area (Å²) in [7, 11) is 0. The zero-order chi connectivity index (χ0) is 34.2. The second-order valence-electron chi connectivity index (χ2n) is 13.5. The van der Waals surface area contributed by atoms with Gasteiger partial charge in [0, 0.05) is 38.9 Å². The van der Waals surface area contributed by atoms with Gasteiger partial charge in [-0.2, -0.15) is 0 Å². The smallest absolute Gasteiger partial charge is 0.164 e. The molecule has 0 bridgehead atoms. The van der Waals surface area contributed by atoms with E-state index in [1.165, 1.54) is 27.1 Å². The van der Waals surface area contributed by atoms with E-state index in [0.29, 0.717) is 17.5 Å². The predicted molar refractivity (Wildman–Crippen MR) is 209 cm³/mol. The molecule has 5 nitrogen and oxygen atoms in total. The van der Waals surface area contributed by atoms with Crippen molar-refractivity contribution in [2.45, 2.75) is 12.0 Å². The predicted octanol–water partition coefficient (Wildman–Crippen LogP) is 11.7. The summed E-state index contributed by atoms with van der Waals surface area (Å²) < 4.78 is 12.9. The van der Waals surface area contributed by atoms with Crippen LogP contribution in [0.2, 0.25) is 0 Å². The third kappa shape index (κ3) is 4.60. The van der Waals surface area contributed by atoms with Gasteiger partial charge in [-0.15, -0.1) is 0 Å². The summed E-state index contributed by atoms with van der Waals surface area (Å²) in [5.41, 5.74) is 7.73. The monoisotopic (exact) mass is 667 g/mol. The molecule has 2 atom stereocenters. The largest absolute Gasteiger partial charge is 0.485 e. The van der Waals surface area contributed by atoms with Crippen LogP contribution in [0.3, 0.4) is 0 Å². The molecule has 244 valence electrons. The number of furan rings is 1. The van der Waals surface area contributed by atoms with Crippen LogP contribution in [0.4, 0.5) is 0 Å². The summed E-state index contributed by atoms with van der Waals surface area (Å²) in [6.07, 6.45) is 8.57. The van der Waals surface area contributed by atoms with E-state index >= 15 is 0 Å². The minimum atomic E-state index is 0.0611. The number of benzene rings is 7. The van der Waals surface area contributed by atoms with E-state index in [-0.39, 0.29) is 12.0 Å². The number of hydrogen-bond acceptors (Lipinski definition) is 5. The van der Waals surface area contributed by atoms with Crippen molar-refractivity contribution in [1.82, 2.24) is 15.0 Å². The van der Waals surface area contributed by atoms with Gasteiger partial charge in [-0.25, -0.2) is 15.0 Å². The molecule has 3 heterocycles. The van der Waals surface area contributed by atoms with Crippen molar-refractivity contribution in [3.05, 3.63) is 169 Å². The van der Waals surface area contributed by atoms with E-state index in [2.05, 4.69) is 121 Å². The van der Waals surface area contributed by atoms with Gasteiger partial charge >= 0.3 is 0 Å². The van der Waals surface area contributed by atoms with Gasteiger partial charge in [0.25, 0.3) is 0 Å². The van der Waals surface area contributed by atoms with Crippen LogP contribution < -0.4 is 4.74 Å². The molecule has 9 aromatic rings. The van der Waals surface area contributed by atoms with E-state index in [1.54, 1.807) is 0 Å². The molecule has 0 saturated heterocycles. The van der Waals surface area contributed by atoms with Crippen LogP contribution in [0.25, 0.3) is 88.8 Å². The van der Waals surface area contributed by atoms with Crippen LogP contribution in [0.5, 0.6) is 5.75 Å². The fourth-order valence-corrected chi connectivity index (χ4v) is 7.89. The van der Waals surface area contributed by atoms with E-state index in [9.17, 15) is 0 Å². The van der Waals surface area contributed by atoms with Gasteiger partial charge < -0.3 is 9.15 Å². The Labute approximate surface area is 299 Å². The minimum absolute atomic E-state index is 0.0611. The molecule has 0 N–H and O–H groups in total. The summed E-state index contributed by atoms with van der Waals surface area (Å²) in [4.78, 5) is 15.3. The van der Waals surface area contributed by atoms with Crippen molar-refractivity contribution in [1.29, 1.82) is 0 Å². The van der Waals surface area contributed by atoms with Crippen LogP contribution >= 0.6 is 0 Å². The Morgan fingerprint density at radius 3 is 2.12 bits per heavy atom. The first-order valence-corrected chi connectivity index (χ1v) is 17.6. The second kappa shape index (κ2) is 11.3. The van der Waals surface area contributed by atoms with Gasteiger partial charge in [0.2, 0.25) is 0 Å². The molecule has 1 aliphatic heterocycles. The minimum Gasteiger partial charge on any atom is -0.485 e. The van der Waals surface area contributed by atoms with Gasteiger partial charge in [0.1, 0.15) is 23.0 Å². The molecule has 0 saturated carbocycles. The first-order chi connectivity index (χ1) is 25.7. The Morgan fingerprint density at radius 2 is 1.19 bits per heavy atom. The quantitative estimate of drug-likeness (QED) is 0.175. The molecule has 1 aliphatic carbocycles. The molecule has 0 amide bonds. The van der Waals surface area contributed by atoms with Crippen LogP contribution in [0.15, 0.2) is 168 Å². The number of aromatic nitrogens is 3. The summed E-state index contributed by atoms with van der Waals surface area (Å²) in [5.74, 6) is 3.05. The third-order valence-electron chi connectivity index (χ3n) is 10.5. The molecule has 7 aromatic carbocycles. The summed E-state index contributed by atoms with van der Waals surface area (Å²) in [5, 5.41) is 6.73. The Hall–Kier alpha value is -6.85. The second-order valence-corrected chi connectivity index (χ2v) is 13.5. The maximum atomic E-state index is 6.54. The van der Waals surface area contributed by atoms with Gasteiger partial charge in [-0.05, 0) is 69.1 Å². The molecule has 2 unspecified atom stereocenters. The SMILES string of the molecule is C1=CC2Oc3cc(-c4ccc5c(c4)oc4cccc(-c6nc(-c7ccccc7)nc(-c7ccc8ccc9ccccc9c8c7)n6)c45)ccc3C2C=C1. The van der Waals surface area contributed by atoms with Crippen LogP contribution in [0.1, 0.15) is 11.5 Å². The number of nitrogens with zero attached hydrogens (tertiary/aromatic N) is 3. The van der Waals surface area contributed by atoms with Gasteiger partial charge in [-0.1, -0.05) is 127 Å². The molecule has 2 aromatic heterocycles. The molecule has 2 aliphatic rings. The lowest BCUT2D eigenvalue weighted by molar-refractivity contribution is 0.269. The Balaban J connectivity index is 1.06. The highest BCUT2D eigenvalue weighted by atomic mass is 16.5. The maximum Gasteiger partial charge on any atom is 0.164 e. The molecule has 0 spiro atoms. The summed E-state index contributed by atoms with van der Waals surface area (Å²) in [6.45, 7) is 0. The van der Waals surface area contributed by atoms with Gasteiger partial charge in [-0.3, -0.25) is 0 Å². The van der Waals surface area contributed by atoms with Gasteiger partial charge in [0.15, 0.2) is 17.5 Å². The lowest BCUT2D eigenvalue weighted by Crippen LogP contribution is -2.15. The Morgan fingerprint density at radius 1 is 0.462 bits per heavy atom. The Bertz CT molecular complexity index is 2960. The zero-order valence-electron chi connectivity index (χ0n) is 27.9. The topological polar surface area (TPSA) is 61.0 Å². The molecule has 52 heavy (non-hydrogen) atoms. The lowest BCUT2D eigenvalue weighted by Gasteiger charge is -2.13. The lowest BCUT2D eigenvalue weighted by atomic mass is 9.91. The average Bonchev–Trinajstić information content (AvgIpc) is 3.78. The molecule has 0 radical (unpaired) electrons. The van der Waals surface area contributed by atoms with Gasteiger partial charge in [0.05, 0.1) is 0 Å². The first-order valence-electron chi connectivity index (χ1n) is 17.6. The Kier molecular flexibility index (Phi) is 6.31. The highest BCUT2D eigenvalue weighted by Crippen LogP contribution is 2.44. The van der Waals surface area contributed by atoms with Crippen molar-refractivity contribution in [3.8, 4) is 51.0 Å². The molecular weight excluding hydrogens is 639 g/mol. The van der Waals surface area contributed by atoms with Crippen LogP contribution in [-0.4, -0.2) is 21.1 Å².